The monoisotopic (exact) mass is 270 g/mol. The third-order valence-electron chi connectivity index (χ3n) is 3.20. The predicted octanol–water partition coefficient (Wildman–Crippen LogP) is 2.62. The molecule has 1 aliphatic rings. The van der Waals surface area contributed by atoms with Crippen LogP contribution in [0.25, 0.3) is 0 Å². The van der Waals surface area contributed by atoms with Crippen LogP contribution in [0.2, 0.25) is 0 Å². The maximum Gasteiger partial charge on any atom is 0.428 e. The van der Waals surface area contributed by atoms with Crippen LogP contribution < -0.4 is 10.1 Å². The second-order valence-corrected chi connectivity index (χ2v) is 4.48. The largest absolute Gasteiger partial charge is 0.478 e. The molecule has 19 heavy (non-hydrogen) atoms. The summed E-state index contributed by atoms with van der Waals surface area (Å²) < 4.78 is 45.0. The minimum atomic E-state index is -4.43. The van der Waals surface area contributed by atoms with Gasteiger partial charge in [0, 0.05) is 12.8 Å². The number of nitrogens with one attached hydrogen (secondary N) is 1. The van der Waals surface area contributed by atoms with E-state index in [-0.39, 0.29) is 37.2 Å². The third kappa shape index (κ3) is 2.82. The molecule has 2 rings (SSSR count). The summed E-state index contributed by atoms with van der Waals surface area (Å²) in [6.07, 6.45) is -4.70. The predicted molar refractivity (Wildman–Crippen MR) is 62.7 cm³/mol. The van der Waals surface area contributed by atoms with Gasteiger partial charge in [0.1, 0.15) is 5.75 Å². The zero-order chi connectivity index (χ0) is 13.9. The zero-order valence-corrected chi connectivity index (χ0v) is 10.1. The third-order valence-corrected chi connectivity index (χ3v) is 3.20. The number of alkyl halides is 3. The Morgan fingerprint density at radius 1 is 1.26 bits per heavy atom. The highest BCUT2D eigenvalue weighted by atomic mass is 19.4. The number of piperidine rings is 1. The van der Waals surface area contributed by atoms with E-state index in [9.17, 15) is 13.2 Å². The summed E-state index contributed by atoms with van der Waals surface area (Å²) in [7, 11) is 0. The molecule has 1 aromatic carbocycles. The molecule has 1 aliphatic heterocycles. The lowest BCUT2D eigenvalue weighted by molar-refractivity contribution is -0.256. The Labute approximate surface area is 109 Å². The maximum atomic E-state index is 13.2. The Bertz CT molecular complexity index is 487. The summed E-state index contributed by atoms with van der Waals surface area (Å²) in [5, 5.41) is 11.6. The van der Waals surface area contributed by atoms with E-state index < -0.39 is 11.8 Å². The van der Waals surface area contributed by atoms with Crippen molar-refractivity contribution in [2.75, 3.05) is 13.1 Å². The molecule has 0 radical (unpaired) electrons. The molecule has 0 unspecified atom stereocenters. The Morgan fingerprint density at radius 2 is 1.95 bits per heavy atom. The van der Waals surface area contributed by atoms with Gasteiger partial charge in [-0.15, -0.1) is 0 Å². The van der Waals surface area contributed by atoms with Gasteiger partial charge < -0.3 is 10.1 Å². The molecule has 1 N–H and O–H groups in total. The fraction of sp³-hybridized carbons (Fsp3) is 0.462. The molecular formula is C13H13F3N2O. The number of hydrogen-bond acceptors (Lipinski definition) is 3. The molecule has 6 heteroatoms. The average molecular weight is 270 g/mol. The number of hydrogen-bond donors (Lipinski definition) is 1. The summed E-state index contributed by atoms with van der Waals surface area (Å²) in [5.41, 5.74) is -1.88. The first-order chi connectivity index (χ1) is 8.97. The number of ether oxygens (including phenoxy) is 1. The van der Waals surface area contributed by atoms with E-state index in [2.05, 4.69) is 5.32 Å². The molecule has 102 valence electrons. The van der Waals surface area contributed by atoms with Crippen molar-refractivity contribution in [2.45, 2.75) is 24.6 Å². The number of rotatable bonds is 2. The number of benzene rings is 1. The van der Waals surface area contributed by atoms with Gasteiger partial charge in [-0.2, -0.15) is 18.4 Å². The molecule has 1 heterocycles. The minimum absolute atomic E-state index is 0.0817. The summed E-state index contributed by atoms with van der Waals surface area (Å²) in [4.78, 5) is 0. The molecule has 0 saturated carbocycles. The summed E-state index contributed by atoms with van der Waals surface area (Å²) in [6.45, 7) is 0.523. The number of nitriles is 1. The number of nitrogens with zero attached hydrogens (tertiary/aromatic N) is 1. The first kappa shape index (κ1) is 13.7. The molecule has 0 bridgehead atoms. The molecule has 0 atom stereocenters. The molecule has 1 fully saturated rings. The first-order valence-electron chi connectivity index (χ1n) is 5.93. The van der Waals surface area contributed by atoms with Gasteiger partial charge in [0.25, 0.3) is 0 Å². The van der Waals surface area contributed by atoms with Crippen LogP contribution in [-0.2, 0) is 0 Å². The van der Waals surface area contributed by atoms with Crippen LogP contribution in [0.1, 0.15) is 18.4 Å². The molecular weight excluding hydrogens is 257 g/mol. The van der Waals surface area contributed by atoms with E-state index in [1.165, 1.54) is 24.3 Å². The molecule has 0 aliphatic carbocycles. The van der Waals surface area contributed by atoms with Crippen LogP contribution in [0.5, 0.6) is 5.75 Å². The molecule has 1 saturated heterocycles. The van der Waals surface area contributed by atoms with Crippen LogP contribution in [-0.4, -0.2) is 24.9 Å². The van der Waals surface area contributed by atoms with Crippen LogP contribution in [0, 0.1) is 11.3 Å². The van der Waals surface area contributed by atoms with Crippen LogP contribution in [0.4, 0.5) is 13.2 Å². The normalized spacial score (nSPS) is 18.6. The molecule has 1 aromatic rings. The standard InChI is InChI=1S/C13H13F3N2O/c14-13(15,16)12(4-6-18-7-5-12)19-11-3-1-2-10(8-11)9-17/h1-3,8,18H,4-7H2. The Morgan fingerprint density at radius 3 is 2.53 bits per heavy atom. The zero-order valence-electron chi connectivity index (χ0n) is 10.1. The smallest absolute Gasteiger partial charge is 0.428 e. The van der Waals surface area contributed by atoms with Gasteiger partial charge in [0.15, 0.2) is 0 Å². The van der Waals surface area contributed by atoms with Crippen molar-refractivity contribution in [3.8, 4) is 11.8 Å². The van der Waals surface area contributed by atoms with Crippen molar-refractivity contribution in [3.63, 3.8) is 0 Å². The fourth-order valence-electron chi connectivity index (χ4n) is 2.13. The molecule has 3 nitrogen and oxygen atoms in total. The minimum Gasteiger partial charge on any atom is -0.478 e. The van der Waals surface area contributed by atoms with Crippen molar-refractivity contribution < 1.29 is 17.9 Å². The Balaban J connectivity index is 2.28. The summed E-state index contributed by atoms with van der Waals surface area (Å²) >= 11 is 0. The molecule has 0 spiro atoms. The number of halogens is 3. The van der Waals surface area contributed by atoms with Gasteiger partial charge >= 0.3 is 6.18 Å². The second kappa shape index (κ2) is 5.10. The molecule has 0 amide bonds. The highest BCUT2D eigenvalue weighted by molar-refractivity contribution is 5.36. The van der Waals surface area contributed by atoms with Crippen molar-refractivity contribution >= 4 is 0 Å². The lowest BCUT2D eigenvalue weighted by atomic mass is 9.91. The average Bonchev–Trinajstić information content (AvgIpc) is 2.39. The van der Waals surface area contributed by atoms with E-state index in [0.717, 1.165) is 0 Å². The Kier molecular flexibility index (Phi) is 3.67. The second-order valence-electron chi connectivity index (χ2n) is 4.48. The lowest BCUT2D eigenvalue weighted by Gasteiger charge is -2.39. The van der Waals surface area contributed by atoms with E-state index in [4.69, 9.17) is 10.00 Å². The van der Waals surface area contributed by atoms with Gasteiger partial charge in [0.05, 0.1) is 11.6 Å². The SMILES string of the molecule is N#Cc1cccc(OC2(C(F)(F)F)CCNCC2)c1. The highest BCUT2D eigenvalue weighted by Gasteiger charge is 2.57. The van der Waals surface area contributed by atoms with Gasteiger partial charge in [-0.3, -0.25) is 0 Å². The van der Waals surface area contributed by atoms with Crippen LogP contribution in [0.15, 0.2) is 24.3 Å². The van der Waals surface area contributed by atoms with Crippen molar-refractivity contribution in [1.82, 2.24) is 5.32 Å². The van der Waals surface area contributed by atoms with Crippen molar-refractivity contribution in [3.05, 3.63) is 29.8 Å². The topological polar surface area (TPSA) is 45.0 Å². The van der Waals surface area contributed by atoms with Gasteiger partial charge in [-0.1, -0.05) is 6.07 Å². The van der Waals surface area contributed by atoms with Crippen molar-refractivity contribution in [2.24, 2.45) is 0 Å². The maximum absolute atomic E-state index is 13.2. The van der Waals surface area contributed by atoms with Gasteiger partial charge in [0.2, 0.25) is 5.60 Å². The van der Waals surface area contributed by atoms with E-state index >= 15 is 0 Å². The first-order valence-corrected chi connectivity index (χ1v) is 5.93. The molecule has 0 aromatic heterocycles. The summed E-state index contributed by atoms with van der Waals surface area (Å²) in [6, 6.07) is 7.69. The van der Waals surface area contributed by atoms with Crippen LogP contribution >= 0.6 is 0 Å². The summed E-state index contributed by atoms with van der Waals surface area (Å²) in [5.74, 6) is 0.0817. The van der Waals surface area contributed by atoms with Crippen LogP contribution in [0.3, 0.4) is 0 Å². The highest BCUT2D eigenvalue weighted by Crippen LogP contribution is 2.40. The lowest BCUT2D eigenvalue weighted by Crippen LogP contribution is -2.56. The van der Waals surface area contributed by atoms with E-state index in [0.29, 0.717) is 0 Å². The van der Waals surface area contributed by atoms with Gasteiger partial charge in [-0.25, -0.2) is 0 Å². The van der Waals surface area contributed by atoms with E-state index in [1.54, 1.807) is 0 Å². The van der Waals surface area contributed by atoms with Gasteiger partial charge in [-0.05, 0) is 31.3 Å². The Hall–Kier alpha value is -1.74. The van der Waals surface area contributed by atoms with Crippen molar-refractivity contribution in [1.29, 1.82) is 5.26 Å². The quantitative estimate of drug-likeness (QED) is 0.898. The van der Waals surface area contributed by atoms with E-state index in [1.807, 2.05) is 6.07 Å². The fourth-order valence-corrected chi connectivity index (χ4v) is 2.13.